The van der Waals surface area contributed by atoms with Crippen molar-refractivity contribution >= 4 is 22.7 Å². The molecule has 19 heavy (non-hydrogen) atoms. The van der Waals surface area contributed by atoms with Gasteiger partial charge in [-0.25, -0.2) is 10.4 Å². The number of hydrogen-bond acceptors (Lipinski definition) is 3. The summed E-state index contributed by atoms with van der Waals surface area (Å²) in [6.07, 6.45) is 0. The molecule has 3 aromatic rings. The highest BCUT2D eigenvalue weighted by Gasteiger charge is 2.00. The number of hydrazone groups is 1. The van der Waals surface area contributed by atoms with Crippen LogP contribution >= 0.6 is 0 Å². The van der Waals surface area contributed by atoms with Crippen molar-refractivity contribution in [2.75, 3.05) is 5.43 Å². The maximum atomic E-state index is 4.40. The van der Waals surface area contributed by atoms with Crippen molar-refractivity contribution in [1.29, 1.82) is 0 Å². The third-order valence-corrected chi connectivity index (χ3v) is 2.91. The SMILES string of the molecule is C/C(=N\Nc1nc2ccccc2[nH]1)c1ccccc1. The summed E-state index contributed by atoms with van der Waals surface area (Å²) in [6.45, 7) is 1.96. The Hall–Kier alpha value is -2.62. The van der Waals surface area contributed by atoms with Gasteiger partial charge in [-0.2, -0.15) is 5.10 Å². The van der Waals surface area contributed by atoms with E-state index in [-0.39, 0.29) is 0 Å². The van der Waals surface area contributed by atoms with Gasteiger partial charge in [-0.05, 0) is 24.6 Å². The number of aromatic amines is 1. The minimum absolute atomic E-state index is 0.650. The molecule has 0 unspecified atom stereocenters. The summed E-state index contributed by atoms with van der Waals surface area (Å²) in [7, 11) is 0. The third kappa shape index (κ3) is 2.47. The first-order valence-electron chi connectivity index (χ1n) is 6.13. The van der Waals surface area contributed by atoms with E-state index in [1.807, 2.05) is 61.5 Å². The molecule has 0 saturated carbocycles. The summed E-state index contributed by atoms with van der Waals surface area (Å²) in [5.41, 5.74) is 6.89. The van der Waals surface area contributed by atoms with Crippen LogP contribution in [0.25, 0.3) is 11.0 Å². The van der Waals surface area contributed by atoms with Gasteiger partial charge in [0.2, 0.25) is 5.95 Å². The van der Waals surface area contributed by atoms with Crippen LogP contribution in [0.1, 0.15) is 12.5 Å². The summed E-state index contributed by atoms with van der Waals surface area (Å²) < 4.78 is 0. The van der Waals surface area contributed by atoms with Crippen molar-refractivity contribution in [3.05, 3.63) is 60.2 Å². The van der Waals surface area contributed by atoms with E-state index in [0.29, 0.717) is 5.95 Å². The van der Waals surface area contributed by atoms with E-state index < -0.39 is 0 Å². The summed E-state index contributed by atoms with van der Waals surface area (Å²) >= 11 is 0. The largest absolute Gasteiger partial charge is 0.323 e. The molecular weight excluding hydrogens is 236 g/mol. The van der Waals surface area contributed by atoms with Crippen molar-refractivity contribution in [1.82, 2.24) is 9.97 Å². The normalized spacial score (nSPS) is 11.7. The highest BCUT2D eigenvalue weighted by molar-refractivity contribution is 5.99. The van der Waals surface area contributed by atoms with Gasteiger partial charge in [-0.15, -0.1) is 0 Å². The van der Waals surface area contributed by atoms with Crippen molar-refractivity contribution < 1.29 is 0 Å². The second-order valence-corrected chi connectivity index (χ2v) is 4.28. The Balaban J connectivity index is 1.82. The van der Waals surface area contributed by atoms with E-state index in [2.05, 4.69) is 20.5 Å². The number of fused-ring (bicyclic) bond motifs is 1. The van der Waals surface area contributed by atoms with Crippen LogP contribution in [-0.2, 0) is 0 Å². The van der Waals surface area contributed by atoms with Gasteiger partial charge in [0.1, 0.15) is 0 Å². The minimum atomic E-state index is 0.650. The first-order valence-corrected chi connectivity index (χ1v) is 6.13. The van der Waals surface area contributed by atoms with Crippen LogP contribution in [-0.4, -0.2) is 15.7 Å². The van der Waals surface area contributed by atoms with Crippen LogP contribution in [0.5, 0.6) is 0 Å². The van der Waals surface area contributed by atoms with E-state index in [1.165, 1.54) is 0 Å². The molecule has 2 N–H and O–H groups in total. The number of anilines is 1. The first-order chi connectivity index (χ1) is 9.33. The quantitative estimate of drug-likeness (QED) is 0.553. The number of nitrogens with zero attached hydrogens (tertiary/aromatic N) is 2. The standard InChI is InChI=1S/C15H14N4/c1-11(12-7-3-2-4-8-12)18-19-15-16-13-9-5-6-10-14(13)17-15/h2-10H,1H3,(H2,16,17,19)/b18-11+. The van der Waals surface area contributed by atoms with Gasteiger partial charge in [-0.3, -0.25) is 0 Å². The van der Waals surface area contributed by atoms with Crippen LogP contribution in [0.15, 0.2) is 59.7 Å². The Kier molecular flexibility index (Phi) is 2.98. The van der Waals surface area contributed by atoms with Crippen LogP contribution in [0.4, 0.5) is 5.95 Å². The number of hydrogen-bond donors (Lipinski definition) is 2. The van der Waals surface area contributed by atoms with Crippen molar-refractivity contribution in [3.63, 3.8) is 0 Å². The number of imidazole rings is 1. The van der Waals surface area contributed by atoms with E-state index in [1.54, 1.807) is 0 Å². The second kappa shape index (κ2) is 4.94. The molecule has 0 atom stereocenters. The zero-order valence-electron chi connectivity index (χ0n) is 10.6. The number of nitrogens with one attached hydrogen (secondary N) is 2. The van der Waals surface area contributed by atoms with Gasteiger partial charge in [0.15, 0.2) is 0 Å². The first kappa shape index (κ1) is 11.5. The van der Waals surface area contributed by atoms with Gasteiger partial charge in [-0.1, -0.05) is 42.5 Å². The Bertz CT molecular complexity index is 680. The minimum Gasteiger partial charge on any atom is -0.323 e. The maximum Gasteiger partial charge on any atom is 0.222 e. The molecule has 2 aromatic carbocycles. The number of para-hydroxylation sites is 2. The van der Waals surface area contributed by atoms with Gasteiger partial charge >= 0.3 is 0 Å². The van der Waals surface area contributed by atoms with Crippen molar-refractivity contribution in [3.8, 4) is 0 Å². The second-order valence-electron chi connectivity index (χ2n) is 4.28. The topological polar surface area (TPSA) is 53.1 Å². The number of rotatable bonds is 3. The molecule has 0 aliphatic heterocycles. The van der Waals surface area contributed by atoms with Crippen LogP contribution in [0.2, 0.25) is 0 Å². The molecule has 0 saturated heterocycles. The monoisotopic (exact) mass is 250 g/mol. The molecule has 0 fully saturated rings. The Morgan fingerprint density at radius 1 is 1.05 bits per heavy atom. The number of aromatic nitrogens is 2. The average Bonchev–Trinajstić information content (AvgIpc) is 2.88. The summed E-state index contributed by atoms with van der Waals surface area (Å²) in [6, 6.07) is 17.9. The highest BCUT2D eigenvalue weighted by atomic mass is 15.4. The predicted molar refractivity (Wildman–Crippen MR) is 78.4 cm³/mol. The maximum absolute atomic E-state index is 4.40. The molecule has 1 aromatic heterocycles. The molecule has 0 radical (unpaired) electrons. The summed E-state index contributed by atoms with van der Waals surface area (Å²) in [5.74, 6) is 0.650. The molecule has 4 nitrogen and oxygen atoms in total. The molecule has 3 rings (SSSR count). The lowest BCUT2D eigenvalue weighted by molar-refractivity contribution is 1.20. The average molecular weight is 250 g/mol. The molecule has 0 amide bonds. The molecule has 0 bridgehead atoms. The number of H-pyrrole nitrogens is 1. The third-order valence-electron chi connectivity index (χ3n) is 2.91. The number of benzene rings is 2. The molecule has 0 aliphatic carbocycles. The molecular formula is C15H14N4. The van der Waals surface area contributed by atoms with E-state index in [4.69, 9.17) is 0 Å². The van der Waals surface area contributed by atoms with Gasteiger partial charge in [0, 0.05) is 0 Å². The Morgan fingerprint density at radius 3 is 2.58 bits per heavy atom. The smallest absolute Gasteiger partial charge is 0.222 e. The summed E-state index contributed by atoms with van der Waals surface area (Å²) in [4.78, 5) is 7.58. The lowest BCUT2D eigenvalue weighted by Gasteiger charge is -2.00. The fourth-order valence-corrected chi connectivity index (χ4v) is 1.89. The van der Waals surface area contributed by atoms with Crippen molar-refractivity contribution in [2.45, 2.75) is 6.92 Å². The molecule has 1 heterocycles. The lowest BCUT2D eigenvalue weighted by atomic mass is 10.1. The molecule has 0 spiro atoms. The molecule has 0 aliphatic rings. The van der Waals surface area contributed by atoms with Gasteiger partial charge < -0.3 is 4.98 Å². The zero-order valence-corrected chi connectivity index (χ0v) is 10.6. The zero-order chi connectivity index (χ0) is 13.1. The fourth-order valence-electron chi connectivity index (χ4n) is 1.89. The highest BCUT2D eigenvalue weighted by Crippen LogP contribution is 2.13. The van der Waals surface area contributed by atoms with E-state index in [9.17, 15) is 0 Å². The lowest BCUT2D eigenvalue weighted by Crippen LogP contribution is -2.00. The Labute approximate surface area is 111 Å². The predicted octanol–water partition coefficient (Wildman–Crippen LogP) is 3.40. The Morgan fingerprint density at radius 2 is 1.79 bits per heavy atom. The van der Waals surface area contributed by atoms with Gasteiger partial charge in [0.25, 0.3) is 0 Å². The van der Waals surface area contributed by atoms with E-state index in [0.717, 1.165) is 22.3 Å². The fraction of sp³-hybridized carbons (Fsp3) is 0.0667. The molecule has 94 valence electrons. The molecule has 4 heteroatoms. The van der Waals surface area contributed by atoms with E-state index >= 15 is 0 Å². The van der Waals surface area contributed by atoms with Crippen LogP contribution in [0, 0.1) is 0 Å². The van der Waals surface area contributed by atoms with Crippen LogP contribution in [0.3, 0.4) is 0 Å². The van der Waals surface area contributed by atoms with Crippen molar-refractivity contribution in [2.24, 2.45) is 5.10 Å². The van der Waals surface area contributed by atoms with Gasteiger partial charge in [0.05, 0.1) is 16.7 Å². The summed E-state index contributed by atoms with van der Waals surface area (Å²) in [5, 5.41) is 4.33. The van der Waals surface area contributed by atoms with Crippen LogP contribution < -0.4 is 5.43 Å².